The van der Waals surface area contributed by atoms with Gasteiger partial charge in [0.15, 0.2) is 0 Å². The van der Waals surface area contributed by atoms with E-state index >= 15 is 0 Å². The van der Waals surface area contributed by atoms with Gasteiger partial charge in [-0.25, -0.2) is 0 Å². The van der Waals surface area contributed by atoms with Crippen molar-refractivity contribution >= 4 is 17.5 Å². The summed E-state index contributed by atoms with van der Waals surface area (Å²) in [6.45, 7) is 4.57. The Hall–Kier alpha value is -2.82. The fraction of sp³-hybridized carbons (Fsp3) is 0.333. The van der Waals surface area contributed by atoms with Gasteiger partial charge in [-0.2, -0.15) is 0 Å². The van der Waals surface area contributed by atoms with Gasteiger partial charge in [0.2, 0.25) is 5.91 Å². The largest absolute Gasteiger partial charge is 0.495 e. The van der Waals surface area contributed by atoms with Crippen LogP contribution in [0.2, 0.25) is 0 Å². The normalized spacial score (nSPS) is 14.3. The molecule has 0 saturated carbocycles. The number of carbonyl (C=O) groups excluding carboxylic acids is 2. The molecule has 5 heteroatoms. The minimum Gasteiger partial charge on any atom is -0.495 e. The fourth-order valence-electron chi connectivity index (χ4n) is 3.31. The quantitative estimate of drug-likeness (QED) is 0.862. The average molecular weight is 352 g/mol. The summed E-state index contributed by atoms with van der Waals surface area (Å²) < 4.78 is 5.31. The predicted octanol–water partition coefficient (Wildman–Crippen LogP) is 3.70. The Bertz CT molecular complexity index is 816. The number of anilines is 1. The summed E-state index contributed by atoms with van der Waals surface area (Å²) in [5.74, 6) is 0.603. The van der Waals surface area contributed by atoms with Crippen LogP contribution in [0.3, 0.4) is 0 Å². The number of rotatable bonds is 6. The SMILES string of the molecule is COc1ccccc1NC(=O)C(CC(C)C)N1Cc2ccccc2C1=O. The van der Waals surface area contributed by atoms with Crippen molar-refractivity contribution in [1.29, 1.82) is 0 Å². The summed E-state index contributed by atoms with van der Waals surface area (Å²) in [6, 6.07) is 14.3. The zero-order chi connectivity index (χ0) is 18.7. The van der Waals surface area contributed by atoms with Gasteiger partial charge < -0.3 is 15.0 Å². The lowest BCUT2D eigenvalue weighted by atomic mass is 10.0. The van der Waals surface area contributed by atoms with E-state index in [-0.39, 0.29) is 17.7 Å². The van der Waals surface area contributed by atoms with Crippen LogP contribution < -0.4 is 10.1 Å². The minimum absolute atomic E-state index is 0.0820. The van der Waals surface area contributed by atoms with Crippen molar-refractivity contribution in [3.63, 3.8) is 0 Å². The molecule has 1 heterocycles. The van der Waals surface area contributed by atoms with Crippen LogP contribution in [0.5, 0.6) is 5.75 Å². The molecule has 0 fully saturated rings. The van der Waals surface area contributed by atoms with Crippen molar-refractivity contribution in [2.24, 2.45) is 5.92 Å². The summed E-state index contributed by atoms with van der Waals surface area (Å²) in [6.07, 6.45) is 0.598. The summed E-state index contributed by atoms with van der Waals surface area (Å²) in [5.41, 5.74) is 2.26. The molecule has 1 atom stereocenters. The lowest BCUT2D eigenvalue weighted by molar-refractivity contribution is -0.121. The second-order valence-corrected chi connectivity index (χ2v) is 6.93. The zero-order valence-electron chi connectivity index (χ0n) is 15.4. The van der Waals surface area contributed by atoms with Crippen molar-refractivity contribution in [2.75, 3.05) is 12.4 Å². The molecular weight excluding hydrogens is 328 g/mol. The molecule has 26 heavy (non-hydrogen) atoms. The Morgan fingerprint density at radius 2 is 1.85 bits per heavy atom. The van der Waals surface area contributed by atoms with Crippen LogP contribution in [0.1, 0.15) is 36.2 Å². The number of carbonyl (C=O) groups is 2. The fourth-order valence-corrected chi connectivity index (χ4v) is 3.31. The van der Waals surface area contributed by atoms with E-state index in [1.54, 1.807) is 24.1 Å². The zero-order valence-corrected chi connectivity index (χ0v) is 15.4. The Labute approximate surface area is 154 Å². The Morgan fingerprint density at radius 1 is 1.15 bits per heavy atom. The summed E-state index contributed by atoms with van der Waals surface area (Å²) in [7, 11) is 1.57. The summed E-state index contributed by atoms with van der Waals surface area (Å²) in [5, 5.41) is 2.93. The molecule has 0 aliphatic carbocycles. The predicted molar refractivity (Wildman–Crippen MR) is 101 cm³/mol. The maximum absolute atomic E-state index is 13.0. The molecular formula is C21H24N2O3. The van der Waals surface area contributed by atoms with Crippen LogP contribution in [0.15, 0.2) is 48.5 Å². The molecule has 136 valence electrons. The van der Waals surface area contributed by atoms with Crippen LogP contribution in [0.25, 0.3) is 0 Å². The van der Waals surface area contributed by atoms with Gasteiger partial charge in [-0.05, 0) is 36.1 Å². The molecule has 1 unspecified atom stereocenters. The lowest BCUT2D eigenvalue weighted by Gasteiger charge is -2.28. The number of fused-ring (bicyclic) bond motifs is 1. The standard InChI is InChI=1S/C21H24N2O3/c1-14(2)12-18(20(24)22-17-10-6-7-11-19(17)26-3)23-13-15-8-4-5-9-16(15)21(23)25/h4-11,14,18H,12-13H2,1-3H3,(H,22,24). The highest BCUT2D eigenvalue weighted by Crippen LogP contribution is 2.29. The monoisotopic (exact) mass is 352 g/mol. The van der Waals surface area contributed by atoms with Crippen LogP contribution in [0, 0.1) is 5.92 Å². The second kappa shape index (κ2) is 7.60. The number of amides is 2. The number of ether oxygens (including phenoxy) is 1. The van der Waals surface area contributed by atoms with Gasteiger partial charge in [0.1, 0.15) is 11.8 Å². The highest BCUT2D eigenvalue weighted by atomic mass is 16.5. The number of hydrogen-bond donors (Lipinski definition) is 1. The molecule has 1 aliphatic rings. The van der Waals surface area contributed by atoms with Gasteiger partial charge in [-0.1, -0.05) is 44.2 Å². The van der Waals surface area contributed by atoms with Gasteiger partial charge in [-0.3, -0.25) is 9.59 Å². The molecule has 0 radical (unpaired) electrons. The molecule has 3 rings (SSSR count). The molecule has 2 aromatic rings. The van der Waals surface area contributed by atoms with Crippen molar-refractivity contribution in [1.82, 2.24) is 4.90 Å². The third-order valence-electron chi connectivity index (χ3n) is 4.59. The van der Waals surface area contributed by atoms with E-state index in [1.807, 2.05) is 36.4 Å². The first kappa shape index (κ1) is 18.0. The van der Waals surface area contributed by atoms with Crippen LogP contribution in [-0.2, 0) is 11.3 Å². The maximum Gasteiger partial charge on any atom is 0.255 e. The third kappa shape index (κ3) is 3.57. The van der Waals surface area contributed by atoms with Crippen LogP contribution in [0.4, 0.5) is 5.69 Å². The maximum atomic E-state index is 13.0. The van der Waals surface area contributed by atoms with E-state index in [0.717, 1.165) is 5.56 Å². The minimum atomic E-state index is -0.528. The summed E-state index contributed by atoms with van der Waals surface area (Å²) >= 11 is 0. The van der Waals surface area contributed by atoms with Crippen molar-refractivity contribution < 1.29 is 14.3 Å². The smallest absolute Gasteiger partial charge is 0.255 e. The van der Waals surface area contributed by atoms with E-state index in [9.17, 15) is 9.59 Å². The third-order valence-corrected chi connectivity index (χ3v) is 4.59. The van der Waals surface area contributed by atoms with Crippen LogP contribution >= 0.6 is 0 Å². The molecule has 1 aliphatic heterocycles. The van der Waals surface area contributed by atoms with Crippen LogP contribution in [-0.4, -0.2) is 29.9 Å². The van der Waals surface area contributed by atoms with E-state index in [4.69, 9.17) is 4.74 Å². The Balaban J connectivity index is 1.85. The first-order chi connectivity index (χ1) is 12.5. The van der Waals surface area contributed by atoms with Crippen molar-refractivity contribution in [2.45, 2.75) is 32.9 Å². The van der Waals surface area contributed by atoms with Crippen molar-refractivity contribution in [3.8, 4) is 5.75 Å². The highest BCUT2D eigenvalue weighted by Gasteiger charge is 2.36. The number of methoxy groups -OCH3 is 1. The Morgan fingerprint density at radius 3 is 2.54 bits per heavy atom. The van der Waals surface area contributed by atoms with Gasteiger partial charge in [0.05, 0.1) is 12.8 Å². The summed E-state index contributed by atoms with van der Waals surface area (Å²) in [4.78, 5) is 27.5. The number of hydrogen-bond acceptors (Lipinski definition) is 3. The van der Waals surface area contributed by atoms with Crippen molar-refractivity contribution in [3.05, 3.63) is 59.7 Å². The molecule has 2 amide bonds. The molecule has 0 saturated heterocycles. The van der Waals surface area contributed by atoms with E-state index in [1.165, 1.54) is 0 Å². The van der Waals surface area contributed by atoms with Gasteiger partial charge in [0, 0.05) is 12.1 Å². The van der Waals surface area contributed by atoms with Gasteiger partial charge in [0.25, 0.3) is 5.91 Å². The Kier molecular flexibility index (Phi) is 5.26. The molecule has 1 N–H and O–H groups in total. The first-order valence-corrected chi connectivity index (χ1v) is 8.84. The van der Waals surface area contributed by atoms with E-state index in [0.29, 0.717) is 30.0 Å². The highest BCUT2D eigenvalue weighted by molar-refractivity contribution is 6.03. The number of benzene rings is 2. The molecule has 0 bridgehead atoms. The number of nitrogens with zero attached hydrogens (tertiary/aromatic N) is 1. The first-order valence-electron chi connectivity index (χ1n) is 8.84. The topological polar surface area (TPSA) is 58.6 Å². The van der Waals surface area contributed by atoms with Gasteiger partial charge >= 0.3 is 0 Å². The number of nitrogens with one attached hydrogen (secondary N) is 1. The number of para-hydroxylation sites is 2. The van der Waals surface area contributed by atoms with Gasteiger partial charge in [-0.15, -0.1) is 0 Å². The molecule has 5 nitrogen and oxygen atoms in total. The lowest BCUT2D eigenvalue weighted by Crippen LogP contribution is -2.45. The van der Waals surface area contributed by atoms with E-state index in [2.05, 4.69) is 19.2 Å². The average Bonchev–Trinajstić information content (AvgIpc) is 2.97. The molecule has 0 aromatic heterocycles. The second-order valence-electron chi connectivity index (χ2n) is 6.93. The van der Waals surface area contributed by atoms with E-state index < -0.39 is 6.04 Å². The molecule has 0 spiro atoms. The molecule has 2 aromatic carbocycles.